The van der Waals surface area contributed by atoms with Crippen molar-refractivity contribution in [1.82, 2.24) is 19.7 Å². The van der Waals surface area contributed by atoms with Crippen molar-refractivity contribution in [3.05, 3.63) is 12.2 Å². The number of hydrogen-bond donors (Lipinski definition) is 1. The number of aliphatic hydroxyl groups is 1. The van der Waals surface area contributed by atoms with Gasteiger partial charge in [-0.15, -0.1) is 0 Å². The van der Waals surface area contributed by atoms with Crippen LogP contribution in [0.2, 0.25) is 0 Å². The first-order valence-electron chi connectivity index (χ1n) is 8.35. The summed E-state index contributed by atoms with van der Waals surface area (Å²) in [4.78, 5) is 6.85. The van der Waals surface area contributed by atoms with Crippen LogP contribution in [0.1, 0.15) is 58.7 Å². The predicted octanol–water partition coefficient (Wildman–Crippen LogP) is 2.45. The summed E-state index contributed by atoms with van der Waals surface area (Å²) < 4.78 is 2.02. The molecule has 1 aliphatic carbocycles. The molecule has 1 heterocycles. The smallest absolute Gasteiger partial charge is 0.141 e. The molecule has 21 heavy (non-hydrogen) atoms. The molecule has 1 N–H and O–H groups in total. The summed E-state index contributed by atoms with van der Waals surface area (Å²) in [7, 11) is 0. The molecule has 1 aromatic heterocycles. The number of nitrogens with zero attached hydrogens (tertiary/aromatic N) is 4. The van der Waals surface area contributed by atoms with E-state index in [-0.39, 0.29) is 6.10 Å². The predicted molar refractivity (Wildman–Crippen MR) is 83.8 cm³/mol. The molecule has 0 radical (unpaired) electrons. The van der Waals surface area contributed by atoms with Gasteiger partial charge in [0.15, 0.2) is 0 Å². The van der Waals surface area contributed by atoms with Gasteiger partial charge in [0.1, 0.15) is 12.2 Å². The Labute approximate surface area is 128 Å². The molecule has 0 amide bonds. The molecular formula is C16H30N4O. The zero-order chi connectivity index (χ0) is 15.2. The highest BCUT2D eigenvalue weighted by atomic mass is 16.3. The van der Waals surface area contributed by atoms with Crippen LogP contribution in [-0.4, -0.2) is 43.5 Å². The van der Waals surface area contributed by atoms with Crippen LogP contribution >= 0.6 is 0 Å². The minimum Gasteiger partial charge on any atom is -0.392 e. The molecule has 0 aliphatic heterocycles. The van der Waals surface area contributed by atoms with Gasteiger partial charge in [0.05, 0.1) is 12.6 Å². The Morgan fingerprint density at radius 3 is 2.62 bits per heavy atom. The minimum absolute atomic E-state index is 0.298. The van der Waals surface area contributed by atoms with E-state index in [0.717, 1.165) is 25.5 Å². The zero-order valence-electron chi connectivity index (χ0n) is 13.7. The van der Waals surface area contributed by atoms with Gasteiger partial charge in [0, 0.05) is 19.1 Å². The average molecular weight is 294 g/mol. The Morgan fingerprint density at radius 2 is 2.00 bits per heavy atom. The van der Waals surface area contributed by atoms with Crippen LogP contribution in [0.25, 0.3) is 0 Å². The molecule has 1 unspecified atom stereocenters. The van der Waals surface area contributed by atoms with Crippen LogP contribution in [-0.2, 0) is 13.1 Å². The molecule has 5 heteroatoms. The van der Waals surface area contributed by atoms with Gasteiger partial charge in [0.25, 0.3) is 0 Å². The van der Waals surface area contributed by atoms with Gasteiger partial charge >= 0.3 is 0 Å². The summed E-state index contributed by atoms with van der Waals surface area (Å²) >= 11 is 0. The fraction of sp³-hybridized carbons (Fsp3) is 0.875. The van der Waals surface area contributed by atoms with Gasteiger partial charge in [-0.2, -0.15) is 5.10 Å². The Morgan fingerprint density at radius 1 is 1.29 bits per heavy atom. The second-order valence-electron chi connectivity index (χ2n) is 6.82. The van der Waals surface area contributed by atoms with Gasteiger partial charge in [-0.25, -0.2) is 9.67 Å². The molecule has 2 rings (SSSR count). The molecule has 0 spiro atoms. The van der Waals surface area contributed by atoms with Crippen molar-refractivity contribution < 1.29 is 5.11 Å². The minimum atomic E-state index is -0.298. The molecule has 1 fully saturated rings. The topological polar surface area (TPSA) is 54.2 Å². The zero-order valence-corrected chi connectivity index (χ0v) is 13.7. The number of hydrogen-bond acceptors (Lipinski definition) is 4. The molecule has 1 aliphatic rings. The van der Waals surface area contributed by atoms with Crippen molar-refractivity contribution in [2.24, 2.45) is 5.92 Å². The van der Waals surface area contributed by atoms with Crippen LogP contribution in [0.5, 0.6) is 0 Å². The highest BCUT2D eigenvalue weighted by Crippen LogP contribution is 2.24. The van der Waals surface area contributed by atoms with Gasteiger partial charge in [-0.1, -0.05) is 33.1 Å². The summed E-state index contributed by atoms with van der Waals surface area (Å²) in [6.45, 7) is 8.68. The second kappa shape index (κ2) is 7.90. The van der Waals surface area contributed by atoms with E-state index in [1.165, 1.54) is 32.1 Å². The van der Waals surface area contributed by atoms with E-state index in [2.05, 4.69) is 28.8 Å². The summed E-state index contributed by atoms with van der Waals surface area (Å²) in [5.74, 6) is 1.58. The highest BCUT2D eigenvalue weighted by Gasteiger charge is 2.24. The fourth-order valence-electron chi connectivity index (χ4n) is 3.22. The third-order valence-electron chi connectivity index (χ3n) is 4.17. The summed E-state index contributed by atoms with van der Waals surface area (Å²) in [5.41, 5.74) is 0. The molecule has 120 valence electrons. The molecular weight excluding hydrogens is 264 g/mol. The maximum Gasteiger partial charge on any atom is 0.141 e. The van der Waals surface area contributed by atoms with Crippen LogP contribution < -0.4 is 0 Å². The highest BCUT2D eigenvalue weighted by molar-refractivity contribution is 4.88. The molecule has 0 saturated heterocycles. The SMILES string of the molecule is CC(C)Cn1ncnc1CN(CC(C)O)C1CCCCC1. The van der Waals surface area contributed by atoms with Crippen molar-refractivity contribution in [3.8, 4) is 0 Å². The lowest BCUT2D eigenvalue weighted by Crippen LogP contribution is -2.41. The lowest BCUT2D eigenvalue weighted by Gasteiger charge is -2.34. The molecule has 0 bridgehead atoms. The summed E-state index contributed by atoms with van der Waals surface area (Å²) in [6.07, 6.45) is 7.80. The van der Waals surface area contributed by atoms with Crippen LogP contribution in [0.4, 0.5) is 0 Å². The Bertz CT molecular complexity index is 410. The first-order valence-corrected chi connectivity index (χ1v) is 8.35. The fourth-order valence-corrected chi connectivity index (χ4v) is 3.22. The Hall–Kier alpha value is -0.940. The van der Waals surface area contributed by atoms with Crippen molar-refractivity contribution in [2.45, 2.75) is 78.1 Å². The van der Waals surface area contributed by atoms with E-state index in [1.807, 2.05) is 11.6 Å². The van der Waals surface area contributed by atoms with Gasteiger partial charge in [-0.3, -0.25) is 4.90 Å². The normalized spacial score (nSPS) is 18.6. The maximum atomic E-state index is 9.81. The van der Waals surface area contributed by atoms with Crippen LogP contribution in [0, 0.1) is 5.92 Å². The van der Waals surface area contributed by atoms with E-state index in [9.17, 15) is 5.11 Å². The van der Waals surface area contributed by atoms with E-state index in [1.54, 1.807) is 6.33 Å². The molecule has 1 atom stereocenters. The standard InChI is InChI=1S/C16H30N4O/c1-13(2)9-20-16(17-12-18-20)11-19(10-14(3)21)15-7-5-4-6-8-15/h12-15,21H,4-11H2,1-3H3. The Kier molecular flexibility index (Phi) is 6.18. The van der Waals surface area contributed by atoms with E-state index >= 15 is 0 Å². The number of rotatable bonds is 7. The van der Waals surface area contributed by atoms with Crippen molar-refractivity contribution in [3.63, 3.8) is 0 Å². The largest absolute Gasteiger partial charge is 0.392 e. The number of aliphatic hydroxyl groups excluding tert-OH is 1. The third kappa shape index (κ3) is 5.08. The summed E-state index contributed by atoms with van der Waals surface area (Å²) in [5, 5.41) is 14.2. The van der Waals surface area contributed by atoms with E-state index in [4.69, 9.17) is 0 Å². The van der Waals surface area contributed by atoms with E-state index in [0.29, 0.717) is 12.0 Å². The average Bonchev–Trinajstić information content (AvgIpc) is 2.85. The molecule has 1 saturated carbocycles. The number of aromatic nitrogens is 3. The maximum absolute atomic E-state index is 9.81. The first kappa shape index (κ1) is 16.4. The quantitative estimate of drug-likeness (QED) is 0.839. The van der Waals surface area contributed by atoms with Gasteiger partial charge < -0.3 is 5.11 Å². The van der Waals surface area contributed by atoms with Crippen LogP contribution in [0.3, 0.4) is 0 Å². The van der Waals surface area contributed by atoms with E-state index < -0.39 is 0 Å². The molecule has 5 nitrogen and oxygen atoms in total. The lowest BCUT2D eigenvalue weighted by molar-refractivity contribution is 0.0736. The lowest BCUT2D eigenvalue weighted by atomic mass is 9.94. The second-order valence-corrected chi connectivity index (χ2v) is 6.82. The van der Waals surface area contributed by atoms with Crippen molar-refractivity contribution >= 4 is 0 Å². The third-order valence-corrected chi connectivity index (χ3v) is 4.17. The van der Waals surface area contributed by atoms with Gasteiger partial charge in [0.2, 0.25) is 0 Å². The van der Waals surface area contributed by atoms with Crippen molar-refractivity contribution in [2.75, 3.05) is 6.54 Å². The van der Waals surface area contributed by atoms with Crippen LogP contribution in [0.15, 0.2) is 6.33 Å². The Balaban J connectivity index is 2.05. The van der Waals surface area contributed by atoms with Gasteiger partial charge in [-0.05, 0) is 25.7 Å². The summed E-state index contributed by atoms with van der Waals surface area (Å²) in [6, 6.07) is 0.581. The van der Waals surface area contributed by atoms with Crippen molar-refractivity contribution in [1.29, 1.82) is 0 Å². The monoisotopic (exact) mass is 294 g/mol. The molecule has 0 aromatic carbocycles. The first-order chi connectivity index (χ1) is 10.1. The molecule has 1 aromatic rings.